The van der Waals surface area contributed by atoms with Crippen molar-refractivity contribution in [2.24, 2.45) is 0 Å². The van der Waals surface area contributed by atoms with Crippen molar-refractivity contribution < 1.29 is 19.9 Å². The minimum absolute atomic E-state index is 0.00250. The van der Waals surface area contributed by atoms with Gasteiger partial charge in [0.15, 0.2) is 5.65 Å². The Hall–Kier alpha value is -2.30. The van der Waals surface area contributed by atoms with Crippen molar-refractivity contribution in [2.45, 2.75) is 24.9 Å². The number of ether oxygens (including phenoxy) is 1. The molecule has 2 aromatic rings. The van der Waals surface area contributed by atoms with Gasteiger partial charge in [-0.15, -0.1) is 0 Å². The van der Waals surface area contributed by atoms with E-state index >= 15 is 0 Å². The molecule has 0 saturated carbocycles. The number of rotatable bonds is 3. The highest BCUT2D eigenvalue weighted by atomic mass is 16.6. The van der Waals surface area contributed by atoms with Gasteiger partial charge in [-0.1, -0.05) is 0 Å². The lowest BCUT2D eigenvalue weighted by Gasteiger charge is -2.13. The van der Waals surface area contributed by atoms with Crippen LogP contribution in [-0.2, 0) is 4.74 Å². The highest BCUT2D eigenvalue weighted by molar-refractivity contribution is 5.95. The van der Waals surface area contributed by atoms with E-state index in [9.17, 15) is 15.2 Å². The number of aromatic nitrogens is 3. The first-order valence-electron chi connectivity index (χ1n) is 6.22. The molecule has 0 aliphatic carbocycles. The van der Waals surface area contributed by atoms with Crippen LogP contribution < -0.4 is 5.73 Å². The van der Waals surface area contributed by atoms with E-state index < -0.39 is 23.4 Å². The molecule has 0 bridgehead atoms. The summed E-state index contributed by atoms with van der Waals surface area (Å²) in [5, 5.41) is 30.1. The number of aliphatic hydroxyl groups is 2. The second-order valence-electron chi connectivity index (χ2n) is 4.75. The Morgan fingerprint density at radius 3 is 2.95 bits per heavy atom. The fraction of sp³-hybridized carbons (Fsp3) is 0.455. The quantitative estimate of drug-likeness (QED) is 0.509. The maximum Gasteiger partial charge on any atom is 0.300 e. The summed E-state index contributed by atoms with van der Waals surface area (Å²) in [6.45, 7) is -0.337. The summed E-state index contributed by atoms with van der Waals surface area (Å²) in [7, 11) is 0. The van der Waals surface area contributed by atoms with Crippen molar-refractivity contribution in [1.82, 2.24) is 14.5 Å². The van der Waals surface area contributed by atoms with Crippen molar-refractivity contribution in [1.29, 1.82) is 0 Å². The molecule has 10 nitrogen and oxygen atoms in total. The van der Waals surface area contributed by atoms with Crippen LogP contribution in [-0.4, -0.2) is 48.5 Å². The van der Waals surface area contributed by atoms with Crippen LogP contribution in [0.2, 0.25) is 0 Å². The number of nitro groups is 1. The van der Waals surface area contributed by atoms with Gasteiger partial charge in [0.25, 0.3) is 5.69 Å². The highest BCUT2D eigenvalue weighted by Gasteiger charge is 2.36. The molecule has 0 radical (unpaired) electrons. The van der Waals surface area contributed by atoms with Crippen LogP contribution in [0.3, 0.4) is 0 Å². The Balaban J connectivity index is 2.12. The molecule has 3 rings (SSSR count). The van der Waals surface area contributed by atoms with Crippen molar-refractivity contribution in [3.05, 3.63) is 22.6 Å². The summed E-state index contributed by atoms with van der Waals surface area (Å²) in [6.07, 6.45) is 0.402. The number of hydrogen-bond acceptors (Lipinski definition) is 8. The molecule has 1 saturated heterocycles. The molecule has 4 N–H and O–H groups in total. The van der Waals surface area contributed by atoms with Gasteiger partial charge in [-0.3, -0.25) is 14.7 Å². The molecule has 0 spiro atoms. The maximum atomic E-state index is 11.1. The molecule has 2 aromatic heterocycles. The maximum absolute atomic E-state index is 11.1. The SMILES string of the molecule is Nc1ncnc2c1c([N+](=O)[O-])cn2[C@H]1C[C@H](O)[C@@H](CO)O1. The minimum Gasteiger partial charge on any atom is -0.394 e. The van der Waals surface area contributed by atoms with Crippen molar-refractivity contribution in [3.8, 4) is 0 Å². The molecule has 1 aliphatic heterocycles. The Labute approximate surface area is 117 Å². The number of hydrogen-bond donors (Lipinski definition) is 3. The lowest BCUT2D eigenvalue weighted by atomic mass is 10.2. The first kappa shape index (κ1) is 13.7. The topological polar surface area (TPSA) is 150 Å². The molecule has 0 amide bonds. The summed E-state index contributed by atoms with van der Waals surface area (Å²) in [5.41, 5.74) is 5.72. The third-order valence-corrected chi connectivity index (χ3v) is 3.51. The summed E-state index contributed by atoms with van der Waals surface area (Å²) in [5.74, 6) is 0.00250. The van der Waals surface area contributed by atoms with Gasteiger partial charge >= 0.3 is 0 Å². The fourth-order valence-electron chi connectivity index (χ4n) is 2.50. The lowest BCUT2D eigenvalue weighted by molar-refractivity contribution is -0.383. The molecule has 112 valence electrons. The predicted molar refractivity (Wildman–Crippen MR) is 70.2 cm³/mol. The van der Waals surface area contributed by atoms with Crippen LogP contribution in [0.5, 0.6) is 0 Å². The van der Waals surface area contributed by atoms with Gasteiger partial charge in [0.2, 0.25) is 0 Å². The zero-order chi connectivity index (χ0) is 15.1. The molecular weight excluding hydrogens is 282 g/mol. The van der Waals surface area contributed by atoms with E-state index in [0.29, 0.717) is 0 Å². The van der Waals surface area contributed by atoms with Crippen LogP contribution in [0.4, 0.5) is 11.5 Å². The molecule has 0 unspecified atom stereocenters. The third kappa shape index (κ3) is 2.09. The van der Waals surface area contributed by atoms with E-state index in [0.717, 1.165) is 0 Å². The summed E-state index contributed by atoms with van der Waals surface area (Å²) in [4.78, 5) is 18.3. The van der Waals surface area contributed by atoms with Crippen LogP contribution in [0.25, 0.3) is 11.0 Å². The molecule has 1 aliphatic rings. The Morgan fingerprint density at radius 2 is 2.33 bits per heavy atom. The average Bonchev–Trinajstić information content (AvgIpc) is 3.00. The van der Waals surface area contributed by atoms with E-state index in [1.165, 1.54) is 17.1 Å². The number of fused-ring (bicyclic) bond motifs is 1. The molecule has 3 atom stereocenters. The Morgan fingerprint density at radius 1 is 1.57 bits per heavy atom. The number of nitrogen functional groups attached to an aromatic ring is 1. The van der Waals surface area contributed by atoms with Crippen LogP contribution in [0, 0.1) is 10.1 Å². The van der Waals surface area contributed by atoms with E-state index in [2.05, 4.69) is 9.97 Å². The van der Waals surface area contributed by atoms with Crippen LogP contribution >= 0.6 is 0 Å². The minimum atomic E-state index is -0.851. The zero-order valence-electron chi connectivity index (χ0n) is 10.8. The van der Waals surface area contributed by atoms with Gasteiger partial charge in [0.1, 0.15) is 29.9 Å². The van der Waals surface area contributed by atoms with Gasteiger partial charge in [0.05, 0.1) is 23.8 Å². The second-order valence-corrected chi connectivity index (χ2v) is 4.75. The number of nitrogens with two attached hydrogens (primary N) is 1. The van der Waals surface area contributed by atoms with E-state index in [1.54, 1.807) is 0 Å². The van der Waals surface area contributed by atoms with Crippen LogP contribution in [0.1, 0.15) is 12.6 Å². The fourth-order valence-corrected chi connectivity index (χ4v) is 2.50. The molecule has 1 fully saturated rings. The molecular formula is C11H13N5O5. The first-order valence-corrected chi connectivity index (χ1v) is 6.22. The molecule has 0 aromatic carbocycles. The van der Waals surface area contributed by atoms with Gasteiger partial charge in [-0.25, -0.2) is 9.97 Å². The lowest BCUT2D eigenvalue weighted by Crippen LogP contribution is -2.24. The Bertz CT molecular complexity index is 702. The van der Waals surface area contributed by atoms with E-state index in [4.69, 9.17) is 15.6 Å². The molecule has 3 heterocycles. The average molecular weight is 295 g/mol. The zero-order valence-corrected chi connectivity index (χ0v) is 10.8. The standard InChI is InChI=1S/C11H13N5O5/c12-10-9-5(16(19)20)2-15(11(9)14-4-13-10)8-1-6(18)7(3-17)21-8/h2,4,6-8,17-18H,1,3H2,(H2,12,13,14)/t6-,7+,8+/m0/s1. The summed E-state index contributed by atoms with van der Waals surface area (Å²) < 4.78 is 6.92. The molecule has 21 heavy (non-hydrogen) atoms. The number of anilines is 1. The Kier molecular flexibility index (Phi) is 3.20. The van der Waals surface area contributed by atoms with Gasteiger partial charge < -0.3 is 20.7 Å². The highest BCUT2D eigenvalue weighted by Crippen LogP contribution is 2.36. The van der Waals surface area contributed by atoms with Gasteiger partial charge in [-0.05, 0) is 0 Å². The third-order valence-electron chi connectivity index (χ3n) is 3.51. The van der Waals surface area contributed by atoms with Crippen molar-refractivity contribution in [2.75, 3.05) is 12.3 Å². The van der Waals surface area contributed by atoms with Gasteiger partial charge in [0, 0.05) is 6.42 Å². The van der Waals surface area contributed by atoms with Crippen molar-refractivity contribution >= 4 is 22.5 Å². The largest absolute Gasteiger partial charge is 0.394 e. The van der Waals surface area contributed by atoms with E-state index in [1.807, 2.05) is 0 Å². The number of nitrogens with zero attached hydrogens (tertiary/aromatic N) is 4. The molecule has 10 heteroatoms. The first-order chi connectivity index (χ1) is 10.0. The van der Waals surface area contributed by atoms with Crippen LogP contribution in [0.15, 0.2) is 12.5 Å². The summed E-state index contributed by atoms with van der Waals surface area (Å²) >= 11 is 0. The second kappa shape index (κ2) is 4.91. The summed E-state index contributed by atoms with van der Waals surface area (Å²) in [6, 6.07) is 0. The smallest absolute Gasteiger partial charge is 0.300 e. The monoisotopic (exact) mass is 295 g/mol. The normalized spacial score (nSPS) is 25.5. The van der Waals surface area contributed by atoms with Gasteiger partial charge in [-0.2, -0.15) is 0 Å². The van der Waals surface area contributed by atoms with Crippen molar-refractivity contribution in [3.63, 3.8) is 0 Å². The predicted octanol–water partition coefficient (Wildman–Crippen LogP) is -0.438. The number of aliphatic hydroxyl groups excluding tert-OH is 2. The van der Waals surface area contributed by atoms with E-state index in [-0.39, 0.29) is 35.6 Å².